The van der Waals surface area contributed by atoms with Crippen LogP contribution in [0, 0.1) is 0 Å². The summed E-state index contributed by atoms with van der Waals surface area (Å²) >= 11 is 0. The maximum absolute atomic E-state index is 4.20. The van der Waals surface area contributed by atoms with Crippen LogP contribution in [0.5, 0.6) is 0 Å². The molecule has 2 heterocycles. The third-order valence-corrected chi connectivity index (χ3v) is 3.01. The van der Waals surface area contributed by atoms with Crippen LogP contribution in [0.3, 0.4) is 0 Å². The summed E-state index contributed by atoms with van der Waals surface area (Å²) < 4.78 is 2.28. The second-order valence-electron chi connectivity index (χ2n) is 4.15. The molecule has 0 saturated heterocycles. The van der Waals surface area contributed by atoms with Crippen LogP contribution in [-0.4, -0.2) is 15.6 Å². The first-order chi connectivity index (χ1) is 6.43. The molecule has 0 amide bonds. The van der Waals surface area contributed by atoms with E-state index in [0.29, 0.717) is 6.04 Å². The van der Waals surface area contributed by atoms with Crippen molar-refractivity contribution in [1.82, 2.24) is 14.9 Å². The number of aryl methyl sites for hydroxylation is 1. The van der Waals surface area contributed by atoms with Gasteiger partial charge in [0.15, 0.2) is 0 Å². The number of aromatic nitrogens is 2. The number of rotatable bonds is 2. The Kier molecular flexibility index (Phi) is 1.65. The van der Waals surface area contributed by atoms with Crippen molar-refractivity contribution in [2.24, 2.45) is 0 Å². The van der Waals surface area contributed by atoms with Crippen molar-refractivity contribution in [3.63, 3.8) is 0 Å². The molecule has 3 nitrogen and oxygen atoms in total. The molecule has 1 N–H and O–H groups in total. The highest BCUT2D eigenvalue weighted by atomic mass is 15.1. The molecule has 1 aromatic rings. The molecular weight excluding hydrogens is 162 g/mol. The van der Waals surface area contributed by atoms with E-state index in [1.165, 1.54) is 31.4 Å². The average molecular weight is 177 g/mol. The van der Waals surface area contributed by atoms with Crippen LogP contribution >= 0.6 is 0 Å². The third-order valence-electron chi connectivity index (χ3n) is 3.01. The second-order valence-corrected chi connectivity index (χ2v) is 4.15. The van der Waals surface area contributed by atoms with Crippen molar-refractivity contribution < 1.29 is 0 Å². The summed E-state index contributed by atoms with van der Waals surface area (Å²) in [6, 6.07) is 1.37. The summed E-state index contributed by atoms with van der Waals surface area (Å²) in [4.78, 5) is 4.20. The van der Waals surface area contributed by atoms with Crippen LogP contribution in [0.4, 0.5) is 0 Å². The first-order valence-corrected chi connectivity index (χ1v) is 5.19. The van der Waals surface area contributed by atoms with E-state index in [0.717, 1.165) is 12.6 Å². The molecule has 0 bridgehead atoms. The van der Waals surface area contributed by atoms with Crippen molar-refractivity contribution in [2.75, 3.05) is 0 Å². The summed E-state index contributed by atoms with van der Waals surface area (Å²) in [6.07, 6.45) is 9.26. The molecule has 0 spiro atoms. The van der Waals surface area contributed by atoms with Crippen LogP contribution in [0.2, 0.25) is 0 Å². The van der Waals surface area contributed by atoms with Gasteiger partial charge < -0.3 is 9.88 Å². The number of nitrogens with one attached hydrogen (secondary N) is 1. The standard InChI is InChI=1S/C10H15N3/c1-2-9(12-8-3-4-8)10-6-11-7-13(10)5-1/h6-9,12H,1-5H2. The van der Waals surface area contributed by atoms with Gasteiger partial charge in [-0.15, -0.1) is 0 Å². The lowest BCUT2D eigenvalue weighted by Gasteiger charge is -2.24. The number of hydrogen-bond acceptors (Lipinski definition) is 2. The van der Waals surface area contributed by atoms with E-state index in [1.807, 2.05) is 12.5 Å². The monoisotopic (exact) mass is 177 g/mol. The Morgan fingerprint density at radius 2 is 2.31 bits per heavy atom. The molecule has 1 aliphatic carbocycles. The Hall–Kier alpha value is -0.830. The molecule has 1 unspecified atom stereocenters. The van der Waals surface area contributed by atoms with E-state index >= 15 is 0 Å². The number of nitrogens with zero attached hydrogens (tertiary/aromatic N) is 2. The van der Waals surface area contributed by atoms with Crippen molar-refractivity contribution in [3.05, 3.63) is 18.2 Å². The number of hydrogen-bond donors (Lipinski definition) is 1. The highest BCUT2D eigenvalue weighted by molar-refractivity contribution is 5.09. The predicted molar refractivity (Wildman–Crippen MR) is 50.4 cm³/mol. The number of fused-ring (bicyclic) bond motifs is 1. The van der Waals surface area contributed by atoms with Crippen LogP contribution in [0.1, 0.15) is 37.4 Å². The fourth-order valence-electron chi connectivity index (χ4n) is 2.12. The fraction of sp³-hybridized carbons (Fsp3) is 0.700. The van der Waals surface area contributed by atoms with Crippen LogP contribution in [0.15, 0.2) is 12.5 Å². The van der Waals surface area contributed by atoms with Gasteiger partial charge in [-0.05, 0) is 25.7 Å². The van der Waals surface area contributed by atoms with Gasteiger partial charge in [-0.2, -0.15) is 0 Å². The first kappa shape index (κ1) is 7.56. The summed E-state index contributed by atoms with van der Waals surface area (Å²) in [7, 11) is 0. The molecule has 1 aliphatic heterocycles. The molecular formula is C10H15N3. The largest absolute Gasteiger partial charge is 0.333 e. The van der Waals surface area contributed by atoms with Gasteiger partial charge in [0.05, 0.1) is 12.0 Å². The van der Waals surface area contributed by atoms with Gasteiger partial charge in [-0.3, -0.25) is 0 Å². The Morgan fingerprint density at radius 3 is 3.15 bits per heavy atom. The van der Waals surface area contributed by atoms with Gasteiger partial charge >= 0.3 is 0 Å². The highest BCUT2D eigenvalue weighted by Crippen LogP contribution is 2.29. The summed E-state index contributed by atoms with van der Waals surface area (Å²) in [6.45, 7) is 1.15. The van der Waals surface area contributed by atoms with Crippen LogP contribution in [-0.2, 0) is 6.54 Å². The average Bonchev–Trinajstić information content (AvgIpc) is 2.83. The van der Waals surface area contributed by atoms with Crippen molar-refractivity contribution in [1.29, 1.82) is 0 Å². The molecule has 1 aromatic heterocycles. The van der Waals surface area contributed by atoms with Crippen LogP contribution in [0.25, 0.3) is 0 Å². The van der Waals surface area contributed by atoms with Crippen LogP contribution < -0.4 is 5.32 Å². The molecule has 0 radical (unpaired) electrons. The minimum atomic E-state index is 0.573. The summed E-state index contributed by atoms with van der Waals surface area (Å²) in [5.41, 5.74) is 1.39. The van der Waals surface area contributed by atoms with E-state index in [2.05, 4.69) is 14.9 Å². The van der Waals surface area contributed by atoms with Crippen molar-refractivity contribution in [2.45, 2.75) is 44.3 Å². The summed E-state index contributed by atoms with van der Waals surface area (Å²) in [5.74, 6) is 0. The predicted octanol–water partition coefficient (Wildman–Crippen LogP) is 1.47. The Labute approximate surface area is 78.2 Å². The zero-order valence-electron chi connectivity index (χ0n) is 7.74. The lowest BCUT2D eigenvalue weighted by molar-refractivity contribution is 0.394. The first-order valence-electron chi connectivity index (χ1n) is 5.19. The minimum Gasteiger partial charge on any atom is -0.333 e. The van der Waals surface area contributed by atoms with Gasteiger partial charge in [-0.1, -0.05) is 0 Å². The molecule has 2 aliphatic rings. The topological polar surface area (TPSA) is 29.9 Å². The highest BCUT2D eigenvalue weighted by Gasteiger charge is 2.28. The van der Waals surface area contributed by atoms with E-state index in [9.17, 15) is 0 Å². The second kappa shape index (κ2) is 2.84. The lowest BCUT2D eigenvalue weighted by atomic mass is 10.0. The lowest BCUT2D eigenvalue weighted by Crippen LogP contribution is -2.28. The van der Waals surface area contributed by atoms with Crippen molar-refractivity contribution >= 4 is 0 Å². The Balaban J connectivity index is 1.81. The van der Waals surface area contributed by atoms with Crippen molar-refractivity contribution in [3.8, 4) is 0 Å². The fourth-order valence-corrected chi connectivity index (χ4v) is 2.12. The molecule has 3 heteroatoms. The third kappa shape index (κ3) is 1.37. The molecule has 0 aromatic carbocycles. The van der Waals surface area contributed by atoms with Gasteiger partial charge in [0.25, 0.3) is 0 Å². The maximum atomic E-state index is 4.20. The molecule has 70 valence electrons. The van der Waals surface area contributed by atoms with Gasteiger partial charge in [0.1, 0.15) is 0 Å². The van der Waals surface area contributed by atoms with E-state index in [4.69, 9.17) is 0 Å². The zero-order chi connectivity index (χ0) is 8.67. The molecule has 1 fully saturated rings. The Bertz CT molecular complexity index is 301. The quantitative estimate of drug-likeness (QED) is 0.741. The minimum absolute atomic E-state index is 0.573. The molecule has 1 atom stereocenters. The Morgan fingerprint density at radius 1 is 1.38 bits per heavy atom. The number of imidazole rings is 1. The van der Waals surface area contributed by atoms with Gasteiger partial charge in [0, 0.05) is 24.8 Å². The molecule has 1 saturated carbocycles. The normalized spacial score (nSPS) is 27.2. The molecule has 13 heavy (non-hydrogen) atoms. The SMILES string of the molecule is c1ncn2c1C(NC1CC1)CCC2. The van der Waals surface area contributed by atoms with E-state index < -0.39 is 0 Å². The van der Waals surface area contributed by atoms with E-state index in [1.54, 1.807) is 0 Å². The van der Waals surface area contributed by atoms with E-state index in [-0.39, 0.29) is 0 Å². The molecule has 3 rings (SSSR count). The van der Waals surface area contributed by atoms with Gasteiger partial charge in [0.2, 0.25) is 0 Å². The smallest absolute Gasteiger partial charge is 0.0948 e. The van der Waals surface area contributed by atoms with Gasteiger partial charge in [-0.25, -0.2) is 4.98 Å². The summed E-state index contributed by atoms with van der Waals surface area (Å²) in [5, 5.41) is 3.67. The zero-order valence-corrected chi connectivity index (χ0v) is 7.74. The maximum Gasteiger partial charge on any atom is 0.0948 e.